The molecule has 1 aliphatic heterocycles. The van der Waals surface area contributed by atoms with Gasteiger partial charge in [0.15, 0.2) is 0 Å². The molecule has 0 bridgehead atoms. The van der Waals surface area contributed by atoms with E-state index in [0.717, 1.165) is 11.2 Å². The largest absolute Gasteiger partial charge is 0.492 e. The highest BCUT2D eigenvalue weighted by atomic mass is 16.5. The molecule has 0 amide bonds. The highest BCUT2D eigenvalue weighted by Gasteiger charge is 2.36. The Balaban J connectivity index is 2.13. The predicted octanol–water partition coefficient (Wildman–Crippen LogP) is 2.17. The maximum absolute atomic E-state index is 10.1. The fraction of sp³-hybridized carbons (Fsp3) is 0.625. The summed E-state index contributed by atoms with van der Waals surface area (Å²) in [6.45, 7) is 12.3. The van der Waals surface area contributed by atoms with E-state index in [9.17, 15) is 5.11 Å². The third kappa shape index (κ3) is 2.86. The SMILES string of the molecule is CC1(C)COc2ccc([B]OC(C)(C)C(C)(C)O)cc21. The Morgan fingerprint density at radius 3 is 2.50 bits per heavy atom. The van der Waals surface area contributed by atoms with E-state index < -0.39 is 11.2 Å². The molecule has 0 atom stereocenters. The van der Waals surface area contributed by atoms with Gasteiger partial charge in [-0.15, -0.1) is 0 Å². The van der Waals surface area contributed by atoms with Crippen molar-refractivity contribution >= 4 is 12.9 Å². The van der Waals surface area contributed by atoms with Crippen LogP contribution >= 0.6 is 0 Å². The third-order valence-corrected chi connectivity index (χ3v) is 4.28. The van der Waals surface area contributed by atoms with E-state index >= 15 is 0 Å². The first kappa shape index (κ1) is 15.4. The van der Waals surface area contributed by atoms with E-state index in [1.54, 1.807) is 21.3 Å². The first-order chi connectivity index (χ1) is 9.03. The Morgan fingerprint density at radius 1 is 1.25 bits per heavy atom. The molecule has 0 aliphatic carbocycles. The molecule has 1 N–H and O–H groups in total. The van der Waals surface area contributed by atoms with E-state index in [2.05, 4.69) is 19.9 Å². The van der Waals surface area contributed by atoms with Gasteiger partial charge in [0, 0.05) is 11.0 Å². The average molecular weight is 275 g/mol. The molecule has 2 rings (SSSR count). The number of benzene rings is 1. The van der Waals surface area contributed by atoms with Crippen LogP contribution in [0.3, 0.4) is 0 Å². The number of hydrogen-bond acceptors (Lipinski definition) is 3. The molecule has 4 heteroatoms. The topological polar surface area (TPSA) is 38.7 Å². The molecule has 0 saturated carbocycles. The van der Waals surface area contributed by atoms with Crippen molar-refractivity contribution in [2.75, 3.05) is 6.61 Å². The Hall–Kier alpha value is -0.995. The maximum atomic E-state index is 10.1. The number of rotatable bonds is 4. The first-order valence-corrected chi connectivity index (χ1v) is 7.04. The van der Waals surface area contributed by atoms with Gasteiger partial charge in [-0.05, 0) is 33.8 Å². The molecular weight excluding hydrogens is 251 g/mol. The number of aliphatic hydroxyl groups is 1. The van der Waals surface area contributed by atoms with Crippen molar-refractivity contribution in [3.8, 4) is 5.75 Å². The van der Waals surface area contributed by atoms with Gasteiger partial charge in [-0.3, -0.25) is 0 Å². The van der Waals surface area contributed by atoms with Crippen LogP contribution in [0.25, 0.3) is 0 Å². The summed E-state index contributed by atoms with van der Waals surface area (Å²) >= 11 is 0. The average Bonchev–Trinajstić information content (AvgIpc) is 2.62. The van der Waals surface area contributed by atoms with Gasteiger partial charge in [-0.25, -0.2) is 0 Å². The van der Waals surface area contributed by atoms with Crippen LogP contribution in [0.4, 0.5) is 0 Å². The van der Waals surface area contributed by atoms with Gasteiger partial charge in [0.2, 0.25) is 0 Å². The molecule has 1 aliphatic rings. The van der Waals surface area contributed by atoms with E-state index in [4.69, 9.17) is 9.39 Å². The molecule has 0 aromatic heterocycles. The molecule has 0 spiro atoms. The van der Waals surface area contributed by atoms with E-state index in [1.165, 1.54) is 5.56 Å². The highest BCUT2D eigenvalue weighted by Crippen LogP contribution is 2.37. The normalized spacial score (nSPS) is 17.6. The van der Waals surface area contributed by atoms with Crippen LogP contribution in [0.15, 0.2) is 18.2 Å². The van der Waals surface area contributed by atoms with Crippen LogP contribution in [-0.2, 0) is 10.1 Å². The summed E-state index contributed by atoms with van der Waals surface area (Å²) in [5, 5.41) is 10.1. The summed E-state index contributed by atoms with van der Waals surface area (Å²) in [7, 11) is 1.71. The second-order valence-corrected chi connectivity index (χ2v) is 7.23. The summed E-state index contributed by atoms with van der Waals surface area (Å²) < 4.78 is 11.5. The summed E-state index contributed by atoms with van der Waals surface area (Å²) in [5.74, 6) is 0.953. The van der Waals surface area contributed by atoms with E-state index in [-0.39, 0.29) is 5.41 Å². The van der Waals surface area contributed by atoms with Crippen LogP contribution < -0.4 is 10.2 Å². The molecule has 109 valence electrons. The minimum absolute atomic E-state index is 0.0327. The fourth-order valence-electron chi connectivity index (χ4n) is 1.97. The van der Waals surface area contributed by atoms with Crippen molar-refractivity contribution < 1.29 is 14.5 Å². The number of hydrogen-bond donors (Lipinski definition) is 1. The van der Waals surface area contributed by atoms with Gasteiger partial charge in [0.25, 0.3) is 0 Å². The van der Waals surface area contributed by atoms with E-state index in [0.29, 0.717) is 6.61 Å². The van der Waals surface area contributed by atoms with Crippen molar-refractivity contribution in [2.45, 2.75) is 58.2 Å². The lowest BCUT2D eigenvalue weighted by atomic mass is 9.79. The van der Waals surface area contributed by atoms with Gasteiger partial charge in [0.1, 0.15) is 5.75 Å². The first-order valence-electron chi connectivity index (χ1n) is 7.04. The van der Waals surface area contributed by atoms with Gasteiger partial charge < -0.3 is 14.5 Å². The molecule has 1 heterocycles. The molecule has 20 heavy (non-hydrogen) atoms. The lowest BCUT2D eigenvalue weighted by Gasteiger charge is -2.37. The minimum atomic E-state index is -0.914. The summed E-state index contributed by atoms with van der Waals surface area (Å²) in [5.41, 5.74) is 0.654. The molecule has 1 aromatic rings. The zero-order chi connectivity index (χ0) is 15.2. The predicted molar refractivity (Wildman–Crippen MR) is 81.8 cm³/mol. The molecule has 0 unspecified atom stereocenters. The Kier molecular flexibility index (Phi) is 3.68. The van der Waals surface area contributed by atoms with Crippen molar-refractivity contribution in [2.24, 2.45) is 0 Å². The Morgan fingerprint density at radius 2 is 1.90 bits per heavy atom. The van der Waals surface area contributed by atoms with Gasteiger partial charge in [-0.1, -0.05) is 31.4 Å². The second-order valence-electron chi connectivity index (χ2n) is 7.23. The van der Waals surface area contributed by atoms with Crippen molar-refractivity contribution in [1.29, 1.82) is 0 Å². The zero-order valence-electron chi connectivity index (χ0n) is 13.3. The van der Waals surface area contributed by atoms with Gasteiger partial charge in [-0.2, -0.15) is 0 Å². The maximum Gasteiger partial charge on any atom is 0.330 e. The summed E-state index contributed by atoms with van der Waals surface area (Å²) in [4.78, 5) is 0. The molecule has 3 nitrogen and oxygen atoms in total. The Labute approximate surface area is 122 Å². The second kappa shape index (κ2) is 4.78. The fourth-order valence-corrected chi connectivity index (χ4v) is 1.97. The van der Waals surface area contributed by atoms with E-state index in [1.807, 2.05) is 26.0 Å². The lowest BCUT2D eigenvalue weighted by molar-refractivity contribution is -0.0893. The zero-order valence-corrected chi connectivity index (χ0v) is 13.3. The molecule has 1 aromatic carbocycles. The van der Waals surface area contributed by atoms with Crippen molar-refractivity contribution in [3.63, 3.8) is 0 Å². The van der Waals surface area contributed by atoms with Crippen LogP contribution in [0, 0.1) is 0 Å². The smallest absolute Gasteiger partial charge is 0.330 e. The minimum Gasteiger partial charge on any atom is -0.492 e. The number of fused-ring (bicyclic) bond motifs is 1. The Bertz CT molecular complexity index is 501. The summed E-state index contributed by atoms with van der Waals surface area (Å²) in [6, 6.07) is 6.06. The highest BCUT2D eigenvalue weighted by molar-refractivity contribution is 6.47. The van der Waals surface area contributed by atoms with Crippen molar-refractivity contribution in [3.05, 3.63) is 23.8 Å². The molecule has 0 saturated heterocycles. The van der Waals surface area contributed by atoms with Crippen LogP contribution in [0.2, 0.25) is 0 Å². The van der Waals surface area contributed by atoms with Crippen LogP contribution in [0.5, 0.6) is 5.75 Å². The molecule has 0 fully saturated rings. The molecule has 1 radical (unpaired) electrons. The quantitative estimate of drug-likeness (QED) is 0.856. The van der Waals surface area contributed by atoms with Crippen LogP contribution in [-0.4, -0.2) is 30.4 Å². The number of ether oxygens (including phenoxy) is 1. The molecular formula is C16H24BO3. The standard InChI is InChI=1S/C16H24BO3/c1-14(2)10-19-13-8-7-11(9-12(13)14)17-20-16(5,6)15(3,4)18/h7-9,18H,10H2,1-6H3. The van der Waals surface area contributed by atoms with Gasteiger partial charge >= 0.3 is 7.48 Å². The lowest BCUT2D eigenvalue weighted by Crippen LogP contribution is -2.49. The van der Waals surface area contributed by atoms with Crippen molar-refractivity contribution in [1.82, 2.24) is 0 Å². The monoisotopic (exact) mass is 275 g/mol. The van der Waals surface area contributed by atoms with Crippen LogP contribution in [0.1, 0.15) is 47.1 Å². The summed E-state index contributed by atoms with van der Waals surface area (Å²) in [6.07, 6.45) is 0. The third-order valence-electron chi connectivity index (χ3n) is 4.28. The van der Waals surface area contributed by atoms with Gasteiger partial charge in [0.05, 0.1) is 17.8 Å².